The van der Waals surface area contributed by atoms with Gasteiger partial charge in [-0.15, -0.1) is 0 Å². The Bertz CT molecular complexity index is 371. The summed E-state index contributed by atoms with van der Waals surface area (Å²) in [7, 11) is 2.05. The predicted molar refractivity (Wildman–Crippen MR) is 70.6 cm³/mol. The Morgan fingerprint density at radius 1 is 1.53 bits per heavy atom. The quantitative estimate of drug-likeness (QED) is 0.875. The highest BCUT2D eigenvalue weighted by atomic mass is 15.0. The summed E-state index contributed by atoms with van der Waals surface area (Å²) in [4.78, 5) is 4.38. The number of hydrogen-bond donors (Lipinski definition) is 1. The van der Waals surface area contributed by atoms with E-state index in [1.165, 1.54) is 19.3 Å². The fraction of sp³-hybridized carbons (Fsp3) is 0.786. The number of hydrogen-bond acceptors (Lipinski definition) is 2. The lowest BCUT2D eigenvalue weighted by molar-refractivity contribution is 0.134. The van der Waals surface area contributed by atoms with E-state index in [9.17, 15) is 0 Å². The van der Waals surface area contributed by atoms with E-state index in [0.717, 1.165) is 24.6 Å². The lowest BCUT2D eigenvalue weighted by Crippen LogP contribution is -2.51. The van der Waals surface area contributed by atoms with Crippen molar-refractivity contribution in [2.24, 2.45) is 24.6 Å². The molecule has 96 valence electrons. The van der Waals surface area contributed by atoms with Crippen molar-refractivity contribution in [1.29, 1.82) is 0 Å². The monoisotopic (exact) mass is 235 g/mol. The molecule has 0 radical (unpaired) electrons. The molecule has 3 atom stereocenters. The summed E-state index contributed by atoms with van der Waals surface area (Å²) in [5, 5.41) is 0. The molecule has 1 heterocycles. The van der Waals surface area contributed by atoms with Crippen LogP contribution in [-0.4, -0.2) is 15.1 Å². The van der Waals surface area contributed by atoms with Gasteiger partial charge in [-0.3, -0.25) is 0 Å². The zero-order chi connectivity index (χ0) is 12.5. The third-order valence-corrected chi connectivity index (χ3v) is 4.80. The summed E-state index contributed by atoms with van der Waals surface area (Å²) in [5.41, 5.74) is 6.64. The van der Waals surface area contributed by atoms with E-state index in [-0.39, 0.29) is 5.54 Å². The first-order valence-electron chi connectivity index (χ1n) is 6.78. The minimum Gasteiger partial charge on any atom is -0.338 e. The maximum Gasteiger partial charge on any atom is 0.108 e. The highest BCUT2D eigenvalue weighted by Gasteiger charge is 2.37. The molecule has 0 aliphatic heterocycles. The van der Waals surface area contributed by atoms with Crippen LogP contribution in [0.3, 0.4) is 0 Å². The Morgan fingerprint density at radius 3 is 2.94 bits per heavy atom. The minimum absolute atomic E-state index is 0.0175. The zero-order valence-electron chi connectivity index (χ0n) is 11.3. The van der Waals surface area contributed by atoms with Gasteiger partial charge in [0.15, 0.2) is 0 Å². The maximum atomic E-state index is 6.62. The van der Waals surface area contributed by atoms with Crippen LogP contribution in [0.15, 0.2) is 12.4 Å². The van der Waals surface area contributed by atoms with E-state index >= 15 is 0 Å². The molecular weight excluding hydrogens is 210 g/mol. The van der Waals surface area contributed by atoms with Crippen molar-refractivity contribution in [1.82, 2.24) is 9.55 Å². The highest BCUT2D eigenvalue weighted by Crippen LogP contribution is 2.38. The smallest absolute Gasteiger partial charge is 0.108 e. The average Bonchev–Trinajstić information content (AvgIpc) is 2.69. The van der Waals surface area contributed by atoms with Crippen LogP contribution in [-0.2, 0) is 13.5 Å². The van der Waals surface area contributed by atoms with E-state index < -0.39 is 0 Å². The topological polar surface area (TPSA) is 43.8 Å². The number of aryl methyl sites for hydroxylation is 2. The van der Waals surface area contributed by atoms with Crippen molar-refractivity contribution in [2.75, 3.05) is 0 Å². The van der Waals surface area contributed by atoms with Crippen molar-refractivity contribution in [2.45, 2.75) is 51.5 Å². The summed E-state index contributed by atoms with van der Waals surface area (Å²) in [6.07, 6.45) is 9.71. The molecule has 1 saturated carbocycles. The average molecular weight is 235 g/mol. The maximum absolute atomic E-state index is 6.62. The molecule has 3 heteroatoms. The Morgan fingerprint density at radius 2 is 2.29 bits per heavy atom. The molecule has 2 N–H and O–H groups in total. The summed E-state index contributed by atoms with van der Waals surface area (Å²) in [5.74, 6) is 2.53. The number of aromatic nitrogens is 2. The Labute approximate surface area is 104 Å². The molecule has 0 amide bonds. The van der Waals surface area contributed by atoms with Crippen molar-refractivity contribution < 1.29 is 0 Å². The second-order valence-corrected chi connectivity index (χ2v) is 5.85. The van der Waals surface area contributed by atoms with Gasteiger partial charge in [-0.1, -0.05) is 26.7 Å². The van der Waals surface area contributed by atoms with Gasteiger partial charge in [0.2, 0.25) is 0 Å². The first kappa shape index (κ1) is 12.6. The lowest BCUT2D eigenvalue weighted by atomic mass is 9.67. The highest BCUT2D eigenvalue weighted by molar-refractivity contribution is 4.99. The van der Waals surface area contributed by atoms with Gasteiger partial charge in [-0.25, -0.2) is 4.98 Å². The SMILES string of the molecule is CC1CCCC(N)(CCc2nccn2C)C1C. The second kappa shape index (κ2) is 4.81. The van der Waals surface area contributed by atoms with Crippen molar-refractivity contribution in [3.8, 4) is 0 Å². The standard InChI is InChI=1S/C14H25N3/c1-11-5-4-7-14(15,12(11)2)8-6-13-16-9-10-17(13)3/h9-12H,4-8,15H2,1-3H3. The molecule has 1 aliphatic carbocycles. The van der Waals surface area contributed by atoms with E-state index in [1.807, 2.05) is 12.4 Å². The fourth-order valence-electron chi connectivity index (χ4n) is 3.13. The Balaban J connectivity index is 1.99. The van der Waals surface area contributed by atoms with Crippen LogP contribution in [0.4, 0.5) is 0 Å². The normalized spacial score (nSPS) is 33.9. The third-order valence-electron chi connectivity index (χ3n) is 4.80. The van der Waals surface area contributed by atoms with E-state index in [0.29, 0.717) is 5.92 Å². The molecule has 3 unspecified atom stereocenters. The number of imidazole rings is 1. The van der Waals surface area contributed by atoms with Gasteiger partial charge < -0.3 is 10.3 Å². The molecule has 17 heavy (non-hydrogen) atoms. The molecule has 1 aromatic rings. The fourth-order valence-corrected chi connectivity index (χ4v) is 3.13. The van der Waals surface area contributed by atoms with Crippen LogP contribution in [0.25, 0.3) is 0 Å². The molecule has 0 saturated heterocycles. The van der Waals surface area contributed by atoms with Gasteiger partial charge in [0, 0.05) is 31.4 Å². The van der Waals surface area contributed by atoms with Gasteiger partial charge in [0.25, 0.3) is 0 Å². The van der Waals surface area contributed by atoms with Crippen LogP contribution in [0.2, 0.25) is 0 Å². The lowest BCUT2D eigenvalue weighted by Gasteiger charge is -2.43. The van der Waals surface area contributed by atoms with Gasteiger partial charge in [-0.05, 0) is 24.7 Å². The number of nitrogens with zero attached hydrogens (tertiary/aromatic N) is 2. The largest absolute Gasteiger partial charge is 0.338 e. The Hall–Kier alpha value is -0.830. The molecule has 1 aliphatic rings. The Kier molecular flexibility index (Phi) is 3.57. The number of nitrogens with two attached hydrogens (primary N) is 1. The van der Waals surface area contributed by atoms with E-state index in [4.69, 9.17) is 5.73 Å². The molecule has 0 spiro atoms. The molecular formula is C14H25N3. The van der Waals surface area contributed by atoms with Crippen molar-refractivity contribution in [3.05, 3.63) is 18.2 Å². The van der Waals surface area contributed by atoms with Gasteiger partial charge >= 0.3 is 0 Å². The second-order valence-electron chi connectivity index (χ2n) is 5.85. The van der Waals surface area contributed by atoms with Gasteiger partial charge in [0.1, 0.15) is 5.82 Å². The summed E-state index contributed by atoms with van der Waals surface area (Å²) < 4.78 is 2.10. The van der Waals surface area contributed by atoms with Gasteiger partial charge in [-0.2, -0.15) is 0 Å². The molecule has 0 aromatic carbocycles. The minimum atomic E-state index is 0.0175. The van der Waals surface area contributed by atoms with Crippen molar-refractivity contribution in [3.63, 3.8) is 0 Å². The summed E-state index contributed by atoms with van der Waals surface area (Å²) in [6.45, 7) is 4.66. The molecule has 3 nitrogen and oxygen atoms in total. The van der Waals surface area contributed by atoms with Crippen LogP contribution in [0, 0.1) is 11.8 Å². The van der Waals surface area contributed by atoms with E-state index in [1.54, 1.807) is 0 Å². The van der Waals surface area contributed by atoms with Gasteiger partial charge in [0.05, 0.1) is 0 Å². The first-order valence-corrected chi connectivity index (χ1v) is 6.78. The summed E-state index contributed by atoms with van der Waals surface area (Å²) in [6, 6.07) is 0. The molecule has 1 fully saturated rings. The zero-order valence-corrected chi connectivity index (χ0v) is 11.3. The molecule has 1 aromatic heterocycles. The van der Waals surface area contributed by atoms with Crippen LogP contribution >= 0.6 is 0 Å². The third kappa shape index (κ3) is 2.54. The summed E-state index contributed by atoms with van der Waals surface area (Å²) >= 11 is 0. The van der Waals surface area contributed by atoms with Crippen LogP contribution in [0.5, 0.6) is 0 Å². The van der Waals surface area contributed by atoms with Crippen LogP contribution in [0.1, 0.15) is 45.4 Å². The molecule has 2 rings (SSSR count). The predicted octanol–water partition coefficient (Wildman–Crippen LogP) is 2.51. The number of rotatable bonds is 3. The van der Waals surface area contributed by atoms with Crippen LogP contribution < -0.4 is 5.73 Å². The molecule has 0 bridgehead atoms. The first-order chi connectivity index (χ1) is 8.03. The van der Waals surface area contributed by atoms with E-state index in [2.05, 4.69) is 30.4 Å². The van der Waals surface area contributed by atoms with Crippen molar-refractivity contribution >= 4 is 0 Å².